The van der Waals surface area contributed by atoms with Crippen LogP contribution >= 0.6 is 0 Å². The van der Waals surface area contributed by atoms with Gasteiger partial charge in [0.1, 0.15) is 17.7 Å². The summed E-state index contributed by atoms with van der Waals surface area (Å²) in [6.07, 6.45) is 2.85. The summed E-state index contributed by atoms with van der Waals surface area (Å²) in [7, 11) is 0. The number of hydrogen-bond acceptors (Lipinski definition) is 3. The van der Waals surface area contributed by atoms with Crippen molar-refractivity contribution in [3.8, 4) is 5.75 Å². The number of benzene rings is 1. The van der Waals surface area contributed by atoms with Crippen LogP contribution in [0.4, 0.5) is 4.39 Å². The van der Waals surface area contributed by atoms with Gasteiger partial charge < -0.3 is 15.0 Å². The number of halogens is 1. The molecular formula is C14H19FN2O. The lowest BCUT2D eigenvalue weighted by atomic mass is 10.0. The predicted octanol–water partition coefficient (Wildman–Crippen LogP) is 1.64. The fourth-order valence-corrected chi connectivity index (χ4v) is 2.62. The van der Waals surface area contributed by atoms with E-state index in [1.165, 1.54) is 38.1 Å². The number of nitrogens with one attached hydrogen (secondary N) is 1. The second-order valence-corrected chi connectivity index (χ2v) is 5.13. The van der Waals surface area contributed by atoms with Gasteiger partial charge in [-0.05, 0) is 50.2 Å². The molecule has 4 heteroatoms. The van der Waals surface area contributed by atoms with Gasteiger partial charge in [-0.3, -0.25) is 0 Å². The molecule has 2 aliphatic rings. The van der Waals surface area contributed by atoms with Gasteiger partial charge in [0.05, 0.1) is 6.04 Å². The van der Waals surface area contributed by atoms with Gasteiger partial charge in [-0.1, -0.05) is 0 Å². The minimum absolute atomic E-state index is 0.219. The van der Waals surface area contributed by atoms with Crippen molar-refractivity contribution in [2.24, 2.45) is 0 Å². The summed E-state index contributed by atoms with van der Waals surface area (Å²) >= 11 is 0. The molecule has 0 bridgehead atoms. The van der Waals surface area contributed by atoms with Crippen molar-refractivity contribution >= 4 is 0 Å². The van der Waals surface area contributed by atoms with Gasteiger partial charge in [0.2, 0.25) is 0 Å². The van der Waals surface area contributed by atoms with E-state index in [2.05, 4.69) is 10.2 Å². The van der Waals surface area contributed by atoms with Crippen LogP contribution in [0.5, 0.6) is 5.75 Å². The van der Waals surface area contributed by atoms with Crippen LogP contribution in [0.3, 0.4) is 0 Å². The Morgan fingerprint density at radius 3 is 2.56 bits per heavy atom. The molecule has 3 nitrogen and oxygen atoms in total. The average molecular weight is 250 g/mol. The third kappa shape index (κ3) is 2.65. The molecule has 98 valence electrons. The molecular weight excluding hydrogens is 231 g/mol. The summed E-state index contributed by atoms with van der Waals surface area (Å²) in [5.74, 6) is 0.539. The van der Waals surface area contributed by atoms with Crippen LogP contribution < -0.4 is 10.1 Å². The molecule has 1 aromatic carbocycles. The van der Waals surface area contributed by atoms with Crippen LogP contribution in [-0.2, 0) is 0 Å². The Morgan fingerprint density at radius 2 is 1.94 bits per heavy atom. The maximum atomic E-state index is 12.8. The lowest BCUT2D eigenvalue weighted by Gasteiger charge is -2.40. The fourth-order valence-electron chi connectivity index (χ4n) is 2.62. The number of rotatable bonds is 4. The molecule has 1 aromatic rings. The quantitative estimate of drug-likeness (QED) is 0.879. The van der Waals surface area contributed by atoms with Gasteiger partial charge in [0.15, 0.2) is 0 Å². The van der Waals surface area contributed by atoms with Crippen LogP contribution in [0.1, 0.15) is 12.8 Å². The molecule has 1 N–H and O–H groups in total. The molecule has 0 amide bonds. The van der Waals surface area contributed by atoms with E-state index in [9.17, 15) is 4.39 Å². The third-order valence-electron chi connectivity index (χ3n) is 3.78. The normalized spacial score (nSPS) is 28.1. The first-order valence-electron chi connectivity index (χ1n) is 6.69. The van der Waals surface area contributed by atoms with Gasteiger partial charge in [-0.2, -0.15) is 0 Å². The topological polar surface area (TPSA) is 24.5 Å². The fraction of sp³-hybridized carbons (Fsp3) is 0.571. The molecule has 0 saturated carbocycles. The van der Waals surface area contributed by atoms with Crippen molar-refractivity contribution in [2.75, 3.05) is 26.2 Å². The summed E-state index contributed by atoms with van der Waals surface area (Å²) in [5, 5.41) is 3.41. The van der Waals surface area contributed by atoms with Crippen molar-refractivity contribution in [1.82, 2.24) is 10.2 Å². The van der Waals surface area contributed by atoms with Crippen LogP contribution in [0.2, 0.25) is 0 Å². The number of hydrogen-bond donors (Lipinski definition) is 1. The summed E-state index contributed by atoms with van der Waals surface area (Å²) in [4.78, 5) is 2.48. The first-order chi connectivity index (χ1) is 8.81. The molecule has 2 heterocycles. The maximum absolute atomic E-state index is 12.8. The number of nitrogens with zero attached hydrogens (tertiary/aromatic N) is 1. The smallest absolute Gasteiger partial charge is 0.128 e. The third-order valence-corrected chi connectivity index (χ3v) is 3.78. The number of likely N-dealkylation sites (tertiary alicyclic amines) is 1. The van der Waals surface area contributed by atoms with Crippen molar-refractivity contribution in [2.45, 2.75) is 25.0 Å². The summed E-state index contributed by atoms with van der Waals surface area (Å²) in [6, 6.07) is 6.68. The first-order valence-corrected chi connectivity index (χ1v) is 6.69. The van der Waals surface area contributed by atoms with Crippen LogP contribution in [-0.4, -0.2) is 43.2 Å². The molecule has 3 rings (SSSR count). The van der Waals surface area contributed by atoms with E-state index in [1.807, 2.05) is 0 Å². The van der Waals surface area contributed by atoms with E-state index in [1.54, 1.807) is 12.1 Å². The van der Waals surface area contributed by atoms with Crippen molar-refractivity contribution < 1.29 is 9.13 Å². The second kappa shape index (κ2) is 5.24. The lowest BCUT2D eigenvalue weighted by molar-refractivity contribution is 0.0645. The highest BCUT2D eigenvalue weighted by molar-refractivity contribution is 5.23. The van der Waals surface area contributed by atoms with Crippen LogP contribution in [0.15, 0.2) is 24.3 Å². The number of ether oxygens (including phenoxy) is 1. The van der Waals surface area contributed by atoms with E-state index in [-0.39, 0.29) is 11.9 Å². The maximum Gasteiger partial charge on any atom is 0.128 e. The largest absolute Gasteiger partial charge is 0.487 e. The van der Waals surface area contributed by atoms with Gasteiger partial charge in [-0.25, -0.2) is 4.39 Å². The zero-order valence-electron chi connectivity index (χ0n) is 10.4. The Labute approximate surface area is 107 Å². The van der Waals surface area contributed by atoms with Crippen molar-refractivity contribution in [1.29, 1.82) is 0 Å². The zero-order valence-corrected chi connectivity index (χ0v) is 10.4. The van der Waals surface area contributed by atoms with E-state index in [0.717, 1.165) is 18.8 Å². The van der Waals surface area contributed by atoms with Gasteiger partial charge in [-0.15, -0.1) is 0 Å². The molecule has 18 heavy (non-hydrogen) atoms. The molecule has 2 saturated heterocycles. The second-order valence-electron chi connectivity index (χ2n) is 5.13. The summed E-state index contributed by atoms with van der Waals surface area (Å²) in [5.41, 5.74) is 0. The molecule has 0 aliphatic carbocycles. The Morgan fingerprint density at radius 1 is 1.22 bits per heavy atom. The monoisotopic (exact) mass is 250 g/mol. The minimum atomic E-state index is -0.220. The SMILES string of the molecule is Fc1ccc(O[C@@H]2CN[C@@H]2CN2CCCC2)cc1. The van der Waals surface area contributed by atoms with Crippen molar-refractivity contribution in [3.63, 3.8) is 0 Å². The molecule has 0 aromatic heterocycles. The molecule has 2 atom stereocenters. The molecule has 2 fully saturated rings. The van der Waals surface area contributed by atoms with E-state index in [0.29, 0.717) is 6.04 Å². The van der Waals surface area contributed by atoms with Gasteiger partial charge >= 0.3 is 0 Å². The van der Waals surface area contributed by atoms with Gasteiger partial charge in [0, 0.05) is 13.1 Å². The minimum Gasteiger partial charge on any atom is -0.487 e. The molecule has 0 radical (unpaired) electrons. The Balaban J connectivity index is 1.52. The Bertz CT molecular complexity index is 389. The van der Waals surface area contributed by atoms with E-state index in [4.69, 9.17) is 4.74 Å². The highest BCUT2D eigenvalue weighted by atomic mass is 19.1. The first kappa shape index (κ1) is 11.9. The van der Waals surface area contributed by atoms with Gasteiger partial charge in [0.25, 0.3) is 0 Å². The van der Waals surface area contributed by atoms with E-state index >= 15 is 0 Å². The molecule has 2 aliphatic heterocycles. The standard InChI is InChI=1S/C14H19FN2O/c15-11-3-5-12(6-4-11)18-14-9-16-13(14)10-17-7-1-2-8-17/h3-6,13-14,16H,1-2,7-10H2/t13-,14-/m1/s1. The Kier molecular flexibility index (Phi) is 3.48. The average Bonchev–Trinajstić information content (AvgIpc) is 2.87. The van der Waals surface area contributed by atoms with E-state index < -0.39 is 0 Å². The highest BCUT2D eigenvalue weighted by Gasteiger charge is 2.34. The lowest BCUT2D eigenvalue weighted by Crippen LogP contribution is -2.63. The molecule has 0 spiro atoms. The zero-order chi connectivity index (χ0) is 12.4. The molecule has 0 unspecified atom stereocenters. The van der Waals surface area contributed by atoms with Crippen molar-refractivity contribution in [3.05, 3.63) is 30.1 Å². The summed E-state index contributed by atoms with van der Waals surface area (Å²) in [6.45, 7) is 4.37. The Hall–Kier alpha value is -1.13. The van der Waals surface area contributed by atoms with Crippen LogP contribution in [0.25, 0.3) is 0 Å². The highest BCUT2D eigenvalue weighted by Crippen LogP contribution is 2.19. The van der Waals surface area contributed by atoms with Crippen LogP contribution in [0, 0.1) is 5.82 Å². The predicted molar refractivity (Wildman–Crippen MR) is 68.3 cm³/mol. The summed E-state index contributed by atoms with van der Waals surface area (Å²) < 4.78 is 18.7.